The minimum absolute atomic E-state index is 0.0140. The van der Waals surface area contributed by atoms with Gasteiger partial charge in [-0.25, -0.2) is 0 Å². The van der Waals surface area contributed by atoms with Gasteiger partial charge in [0.05, 0.1) is 19.8 Å². The van der Waals surface area contributed by atoms with Crippen LogP contribution in [0.4, 0.5) is 0 Å². The summed E-state index contributed by atoms with van der Waals surface area (Å²) in [6.07, 6.45) is 0. The normalized spacial score (nSPS) is 10.2. The molecule has 0 aliphatic heterocycles. The predicted molar refractivity (Wildman–Crippen MR) is 57.8 cm³/mol. The summed E-state index contributed by atoms with van der Waals surface area (Å²) in [6, 6.07) is 5.29. The van der Waals surface area contributed by atoms with Gasteiger partial charge >= 0.3 is 5.35 Å². The molecule has 2 rings (SSSR count). The molecule has 1 aromatic heterocycles. The number of hydrogen-bond donors (Lipinski definition) is 0. The van der Waals surface area contributed by atoms with E-state index >= 15 is 0 Å². The van der Waals surface area contributed by atoms with Crippen molar-refractivity contribution in [2.45, 2.75) is 0 Å². The summed E-state index contributed by atoms with van der Waals surface area (Å²) in [5.74, 6) is 1.66. The molecular weight excluding hydrogens is 232 g/mol. The molecule has 0 unspecified atom stereocenters. The van der Waals surface area contributed by atoms with Crippen LogP contribution in [0.25, 0.3) is 11.4 Å². The third-order valence-electron chi connectivity index (χ3n) is 2.05. The average Bonchev–Trinajstić information content (AvgIpc) is 2.75. The zero-order chi connectivity index (χ0) is 11.5. The third kappa shape index (κ3) is 1.94. The Balaban J connectivity index is 2.52. The fraction of sp³-hybridized carbons (Fsp3) is 0.200. The van der Waals surface area contributed by atoms with Crippen LogP contribution in [0, 0.1) is 0 Å². The van der Waals surface area contributed by atoms with Gasteiger partial charge in [-0.05, 0) is 29.8 Å². The zero-order valence-corrected chi connectivity index (χ0v) is 9.49. The summed E-state index contributed by atoms with van der Waals surface area (Å²) in [7, 11) is 3.14. The molecule has 0 spiro atoms. The van der Waals surface area contributed by atoms with Crippen LogP contribution in [-0.4, -0.2) is 24.4 Å². The van der Waals surface area contributed by atoms with Crippen LogP contribution in [0.3, 0.4) is 0 Å². The Labute approximate surface area is 96.9 Å². The molecule has 0 fully saturated rings. The highest BCUT2D eigenvalue weighted by Gasteiger charge is 2.13. The topological polar surface area (TPSA) is 57.4 Å². The second kappa shape index (κ2) is 4.40. The van der Waals surface area contributed by atoms with E-state index in [1.165, 1.54) is 0 Å². The highest BCUT2D eigenvalue weighted by atomic mass is 35.5. The first-order chi connectivity index (χ1) is 7.74. The first kappa shape index (κ1) is 10.8. The van der Waals surface area contributed by atoms with Crippen molar-refractivity contribution < 1.29 is 14.0 Å². The van der Waals surface area contributed by atoms with Crippen LogP contribution in [-0.2, 0) is 0 Å². The summed E-state index contributed by atoms with van der Waals surface area (Å²) in [4.78, 5) is 3.92. The van der Waals surface area contributed by atoms with E-state index in [9.17, 15) is 0 Å². The molecule has 0 amide bonds. The first-order valence-electron chi connectivity index (χ1n) is 4.46. The average molecular weight is 241 g/mol. The van der Waals surface area contributed by atoms with Crippen molar-refractivity contribution in [2.24, 2.45) is 0 Å². The van der Waals surface area contributed by atoms with Gasteiger partial charge in [0.1, 0.15) is 11.5 Å². The summed E-state index contributed by atoms with van der Waals surface area (Å²) < 4.78 is 15.0. The Kier molecular flexibility index (Phi) is 2.96. The Hall–Kier alpha value is -1.75. The highest BCUT2D eigenvalue weighted by molar-refractivity contribution is 6.27. The molecule has 84 valence electrons. The predicted octanol–water partition coefficient (Wildman–Crippen LogP) is 2.41. The quantitative estimate of drug-likeness (QED) is 0.825. The van der Waals surface area contributed by atoms with Crippen LogP contribution in [0.2, 0.25) is 5.35 Å². The van der Waals surface area contributed by atoms with Crippen LogP contribution in [0.5, 0.6) is 11.5 Å². The summed E-state index contributed by atoms with van der Waals surface area (Å²) in [5, 5.41) is 3.70. The highest BCUT2D eigenvalue weighted by Crippen LogP contribution is 2.31. The molecule has 0 radical (unpaired) electrons. The van der Waals surface area contributed by atoms with Gasteiger partial charge in [-0.1, -0.05) is 5.16 Å². The van der Waals surface area contributed by atoms with Gasteiger partial charge in [-0.15, -0.1) is 0 Å². The Morgan fingerprint density at radius 1 is 1.25 bits per heavy atom. The molecule has 0 bridgehead atoms. The lowest BCUT2D eigenvalue weighted by Crippen LogP contribution is -1.91. The number of rotatable bonds is 3. The van der Waals surface area contributed by atoms with Gasteiger partial charge in [0.25, 0.3) is 0 Å². The molecule has 1 heterocycles. The van der Waals surface area contributed by atoms with E-state index in [-0.39, 0.29) is 5.35 Å². The number of aromatic nitrogens is 2. The van der Waals surface area contributed by atoms with E-state index in [4.69, 9.17) is 25.6 Å². The molecule has 5 nitrogen and oxygen atoms in total. The smallest absolute Gasteiger partial charge is 0.320 e. The maximum absolute atomic E-state index is 5.57. The van der Waals surface area contributed by atoms with Crippen molar-refractivity contribution in [1.29, 1.82) is 0 Å². The SMILES string of the molecule is COc1ccc(OC)c(-c2noc(Cl)n2)c1. The van der Waals surface area contributed by atoms with Crippen molar-refractivity contribution >= 4 is 11.6 Å². The van der Waals surface area contributed by atoms with Gasteiger partial charge in [-0.3, -0.25) is 0 Å². The molecule has 0 N–H and O–H groups in total. The van der Waals surface area contributed by atoms with Crippen molar-refractivity contribution in [3.05, 3.63) is 23.5 Å². The van der Waals surface area contributed by atoms with Gasteiger partial charge in [0, 0.05) is 0 Å². The van der Waals surface area contributed by atoms with E-state index in [2.05, 4.69) is 10.1 Å². The number of halogens is 1. The van der Waals surface area contributed by atoms with Crippen LogP contribution < -0.4 is 9.47 Å². The molecule has 0 saturated carbocycles. The van der Waals surface area contributed by atoms with Crippen molar-refractivity contribution in [2.75, 3.05) is 14.2 Å². The second-order valence-corrected chi connectivity index (χ2v) is 3.26. The molecule has 0 aliphatic rings. The van der Waals surface area contributed by atoms with E-state index in [0.717, 1.165) is 0 Å². The lowest BCUT2D eigenvalue weighted by molar-refractivity contribution is 0.402. The lowest BCUT2D eigenvalue weighted by Gasteiger charge is -2.06. The van der Waals surface area contributed by atoms with Crippen molar-refractivity contribution in [3.8, 4) is 22.9 Å². The molecule has 16 heavy (non-hydrogen) atoms. The minimum atomic E-state index is -0.0140. The number of hydrogen-bond acceptors (Lipinski definition) is 5. The van der Waals surface area contributed by atoms with Crippen LogP contribution in [0.1, 0.15) is 0 Å². The van der Waals surface area contributed by atoms with Gasteiger partial charge in [0.2, 0.25) is 5.82 Å². The van der Waals surface area contributed by atoms with Crippen molar-refractivity contribution in [1.82, 2.24) is 10.1 Å². The number of nitrogens with zero attached hydrogens (tertiary/aromatic N) is 2. The maximum atomic E-state index is 5.57. The van der Waals surface area contributed by atoms with Crippen LogP contribution in [0.15, 0.2) is 22.7 Å². The Bertz CT molecular complexity index is 499. The molecule has 2 aromatic rings. The minimum Gasteiger partial charge on any atom is -0.497 e. The summed E-state index contributed by atoms with van der Waals surface area (Å²) >= 11 is 5.57. The second-order valence-electron chi connectivity index (χ2n) is 2.94. The van der Waals surface area contributed by atoms with Gasteiger partial charge in [0.15, 0.2) is 0 Å². The lowest BCUT2D eigenvalue weighted by atomic mass is 10.2. The summed E-state index contributed by atoms with van der Waals surface area (Å²) in [6.45, 7) is 0. The fourth-order valence-corrected chi connectivity index (χ4v) is 1.42. The summed E-state index contributed by atoms with van der Waals surface area (Å²) in [5.41, 5.74) is 0.664. The van der Waals surface area contributed by atoms with Crippen LogP contribution >= 0.6 is 11.6 Å². The Morgan fingerprint density at radius 3 is 2.62 bits per heavy atom. The monoisotopic (exact) mass is 240 g/mol. The zero-order valence-electron chi connectivity index (χ0n) is 8.73. The van der Waals surface area contributed by atoms with E-state index in [0.29, 0.717) is 22.9 Å². The number of methoxy groups -OCH3 is 2. The van der Waals surface area contributed by atoms with E-state index in [1.54, 1.807) is 32.4 Å². The first-order valence-corrected chi connectivity index (χ1v) is 4.84. The van der Waals surface area contributed by atoms with Gasteiger partial charge in [-0.2, -0.15) is 4.98 Å². The number of ether oxygens (including phenoxy) is 2. The maximum Gasteiger partial charge on any atom is 0.320 e. The fourth-order valence-electron chi connectivity index (χ4n) is 1.30. The molecule has 0 saturated heterocycles. The Morgan fingerprint density at radius 2 is 2.06 bits per heavy atom. The molecule has 6 heteroatoms. The van der Waals surface area contributed by atoms with E-state index in [1.807, 2.05) is 0 Å². The molecule has 0 atom stereocenters. The third-order valence-corrected chi connectivity index (χ3v) is 2.20. The number of benzene rings is 1. The van der Waals surface area contributed by atoms with Gasteiger partial charge < -0.3 is 14.0 Å². The molecule has 1 aromatic carbocycles. The van der Waals surface area contributed by atoms with Crippen molar-refractivity contribution in [3.63, 3.8) is 0 Å². The molecular formula is C10H9ClN2O3. The standard InChI is InChI=1S/C10H9ClN2O3/c1-14-6-3-4-8(15-2)7(5-6)9-12-10(11)16-13-9/h3-5H,1-2H3. The molecule has 0 aliphatic carbocycles. The van der Waals surface area contributed by atoms with E-state index < -0.39 is 0 Å². The largest absolute Gasteiger partial charge is 0.497 e.